The van der Waals surface area contributed by atoms with Crippen LogP contribution < -0.4 is 5.32 Å². The third-order valence-corrected chi connectivity index (χ3v) is 2.71. The lowest BCUT2D eigenvalue weighted by Gasteiger charge is -2.25. The van der Waals surface area contributed by atoms with Gasteiger partial charge in [-0.1, -0.05) is 6.92 Å². The van der Waals surface area contributed by atoms with Crippen LogP contribution in [0.25, 0.3) is 0 Å². The van der Waals surface area contributed by atoms with E-state index in [9.17, 15) is 18.0 Å². The Balaban J connectivity index is 2.85. The van der Waals surface area contributed by atoms with Gasteiger partial charge in [-0.3, -0.25) is 10.2 Å². The van der Waals surface area contributed by atoms with Gasteiger partial charge in [0.2, 0.25) is 0 Å². The number of carbonyl (C=O) groups is 1. The second-order valence-corrected chi connectivity index (χ2v) is 4.12. The van der Waals surface area contributed by atoms with Crippen LogP contribution >= 0.6 is 0 Å². The van der Waals surface area contributed by atoms with E-state index in [0.29, 0.717) is 6.42 Å². The van der Waals surface area contributed by atoms with Crippen molar-refractivity contribution in [1.82, 2.24) is 10.0 Å². The summed E-state index contributed by atoms with van der Waals surface area (Å²) in [6.45, 7) is 3.61. The molecule has 5 nitrogen and oxygen atoms in total. The first-order valence-corrected chi connectivity index (χ1v) is 5.97. The molecule has 0 saturated heterocycles. The normalized spacial score (nSPS) is 12.9. The standard InChI is InChI=1S/C12H16F3N3O2/c1-4-8(2)18(20-3)11(19)17-10-7-9(5-6-16-10)12(13,14)15/h5-8H,4H2,1-3H3,(H,16,17,19). The first kappa shape index (κ1) is 16.2. The highest BCUT2D eigenvalue weighted by Crippen LogP contribution is 2.29. The Kier molecular flexibility index (Phi) is 5.32. The van der Waals surface area contributed by atoms with Gasteiger partial charge in [-0.05, 0) is 25.5 Å². The number of hydrogen-bond donors (Lipinski definition) is 1. The average Bonchev–Trinajstić information content (AvgIpc) is 2.38. The minimum atomic E-state index is -4.49. The summed E-state index contributed by atoms with van der Waals surface area (Å²) in [6.07, 6.45) is -2.86. The van der Waals surface area contributed by atoms with Crippen LogP contribution in [0.2, 0.25) is 0 Å². The SMILES string of the molecule is CCC(C)N(OC)C(=O)Nc1cc(C(F)(F)F)ccn1. The molecule has 20 heavy (non-hydrogen) atoms. The zero-order chi connectivity index (χ0) is 15.3. The Hall–Kier alpha value is -1.83. The van der Waals surface area contributed by atoms with Crippen molar-refractivity contribution in [3.05, 3.63) is 23.9 Å². The van der Waals surface area contributed by atoms with Crippen LogP contribution in [0.15, 0.2) is 18.3 Å². The topological polar surface area (TPSA) is 54.5 Å². The van der Waals surface area contributed by atoms with Gasteiger partial charge >= 0.3 is 12.2 Å². The second-order valence-electron chi connectivity index (χ2n) is 4.12. The van der Waals surface area contributed by atoms with Gasteiger partial charge in [0.15, 0.2) is 0 Å². The first-order chi connectivity index (χ1) is 9.29. The molecule has 0 bridgehead atoms. The molecule has 0 aliphatic heterocycles. The molecular formula is C12H16F3N3O2. The molecule has 0 aliphatic rings. The van der Waals surface area contributed by atoms with Gasteiger partial charge in [0, 0.05) is 6.20 Å². The molecule has 112 valence electrons. The maximum Gasteiger partial charge on any atom is 0.416 e. The fourth-order valence-electron chi connectivity index (χ4n) is 1.47. The molecule has 0 aromatic carbocycles. The van der Waals surface area contributed by atoms with Gasteiger partial charge in [-0.2, -0.15) is 13.2 Å². The van der Waals surface area contributed by atoms with E-state index < -0.39 is 17.8 Å². The number of anilines is 1. The van der Waals surface area contributed by atoms with Crippen LogP contribution in [0.5, 0.6) is 0 Å². The quantitative estimate of drug-likeness (QED) is 0.866. The van der Waals surface area contributed by atoms with Gasteiger partial charge in [-0.25, -0.2) is 14.8 Å². The summed E-state index contributed by atoms with van der Waals surface area (Å²) >= 11 is 0. The molecule has 0 fully saturated rings. The van der Waals surface area contributed by atoms with Gasteiger partial charge in [0.1, 0.15) is 5.82 Å². The van der Waals surface area contributed by atoms with Crippen molar-refractivity contribution < 1.29 is 22.8 Å². The number of halogens is 3. The molecule has 1 aromatic heterocycles. The molecular weight excluding hydrogens is 275 g/mol. The molecule has 1 atom stereocenters. The molecule has 0 saturated carbocycles. The molecule has 2 amide bonds. The lowest BCUT2D eigenvalue weighted by molar-refractivity contribution is -0.137. The molecule has 0 radical (unpaired) electrons. The van der Waals surface area contributed by atoms with E-state index in [1.807, 2.05) is 6.92 Å². The minimum absolute atomic E-state index is 0.185. The smallest absolute Gasteiger partial charge is 0.290 e. The monoisotopic (exact) mass is 291 g/mol. The first-order valence-electron chi connectivity index (χ1n) is 5.97. The highest BCUT2D eigenvalue weighted by Gasteiger charge is 2.31. The Labute approximate surface area is 114 Å². The fourth-order valence-corrected chi connectivity index (χ4v) is 1.47. The Morgan fingerprint density at radius 3 is 2.70 bits per heavy atom. The lowest BCUT2D eigenvalue weighted by atomic mass is 10.2. The van der Waals surface area contributed by atoms with Crippen LogP contribution in [-0.2, 0) is 11.0 Å². The highest BCUT2D eigenvalue weighted by molar-refractivity contribution is 5.87. The molecule has 1 aromatic rings. The number of nitrogens with one attached hydrogen (secondary N) is 1. The molecule has 1 rings (SSSR count). The van der Waals surface area contributed by atoms with E-state index in [1.165, 1.54) is 7.11 Å². The maximum atomic E-state index is 12.5. The molecule has 1 N–H and O–H groups in total. The maximum absolute atomic E-state index is 12.5. The van der Waals surface area contributed by atoms with Crippen LogP contribution in [0, 0.1) is 0 Å². The van der Waals surface area contributed by atoms with Crippen molar-refractivity contribution in [3.63, 3.8) is 0 Å². The van der Waals surface area contributed by atoms with Gasteiger partial charge in [-0.15, -0.1) is 0 Å². The van der Waals surface area contributed by atoms with Crippen LogP contribution in [0.1, 0.15) is 25.8 Å². The third kappa shape index (κ3) is 4.09. The highest BCUT2D eigenvalue weighted by atomic mass is 19.4. The summed E-state index contributed by atoms with van der Waals surface area (Å²) in [4.78, 5) is 20.5. The van der Waals surface area contributed by atoms with Crippen molar-refractivity contribution in [1.29, 1.82) is 0 Å². The minimum Gasteiger partial charge on any atom is -0.290 e. The summed E-state index contributed by atoms with van der Waals surface area (Å²) in [5, 5.41) is 3.32. The zero-order valence-corrected chi connectivity index (χ0v) is 11.4. The Bertz CT molecular complexity index is 466. The molecule has 1 unspecified atom stereocenters. The number of pyridine rings is 1. The molecule has 0 spiro atoms. The number of rotatable bonds is 4. The van der Waals surface area contributed by atoms with Gasteiger partial charge < -0.3 is 0 Å². The van der Waals surface area contributed by atoms with Crippen LogP contribution in [-0.4, -0.2) is 29.2 Å². The van der Waals surface area contributed by atoms with Crippen molar-refractivity contribution in [2.45, 2.75) is 32.5 Å². The Morgan fingerprint density at radius 2 is 2.20 bits per heavy atom. The van der Waals surface area contributed by atoms with E-state index in [-0.39, 0.29) is 11.9 Å². The summed E-state index contributed by atoms with van der Waals surface area (Å²) in [6, 6.07) is 0.709. The predicted molar refractivity (Wildman–Crippen MR) is 66.9 cm³/mol. The largest absolute Gasteiger partial charge is 0.416 e. The van der Waals surface area contributed by atoms with E-state index >= 15 is 0 Å². The lowest BCUT2D eigenvalue weighted by Crippen LogP contribution is -2.40. The van der Waals surface area contributed by atoms with Crippen LogP contribution in [0.3, 0.4) is 0 Å². The molecule has 0 aliphatic carbocycles. The summed E-state index contributed by atoms with van der Waals surface area (Å²) in [5.74, 6) is -0.185. The number of hydrogen-bond acceptors (Lipinski definition) is 3. The van der Waals surface area contributed by atoms with Crippen LogP contribution in [0.4, 0.5) is 23.8 Å². The number of carbonyl (C=O) groups excluding carboxylic acids is 1. The molecule has 1 heterocycles. The van der Waals surface area contributed by atoms with Crippen molar-refractivity contribution in [3.8, 4) is 0 Å². The fraction of sp³-hybridized carbons (Fsp3) is 0.500. The van der Waals surface area contributed by atoms with Gasteiger partial charge in [0.25, 0.3) is 0 Å². The number of urea groups is 1. The van der Waals surface area contributed by atoms with Crippen molar-refractivity contribution in [2.24, 2.45) is 0 Å². The summed E-state index contributed by atoms with van der Waals surface area (Å²) < 4.78 is 37.6. The number of hydroxylamine groups is 2. The van der Waals surface area contributed by atoms with Gasteiger partial charge in [0.05, 0.1) is 18.7 Å². The summed E-state index contributed by atoms with van der Waals surface area (Å²) in [7, 11) is 1.31. The Morgan fingerprint density at radius 1 is 1.55 bits per heavy atom. The second kappa shape index (κ2) is 6.56. The van der Waals surface area contributed by atoms with E-state index in [2.05, 4.69) is 10.3 Å². The van der Waals surface area contributed by atoms with E-state index in [1.54, 1.807) is 6.92 Å². The third-order valence-electron chi connectivity index (χ3n) is 2.71. The number of alkyl halides is 3. The van der Waals surface area contributed by atoms with E-state index in [4.69, 9.17) is 4.84 Å². The van der Waals surface area contributed by atoms with Crippen molar-refractivity contribution in [2.75, 3.05) is 12.4 Å². The predicted octanol–water partition coefficient (Wildman–Crippen LogP) is 3.29. The number of amides is 2. The van der Waals surface area contributed by atoms with Crippen molar-refractivity contribution >= 4 is 11.8 Å². The summed E-state index contributed by atoms with van der Waals surface area (Å²) in [5.41, 5.74) is -0.879. The number of nitrogens with zero attached hydrogens (tertiary/aromatic N) is 2. The molecule has 8 heteroatoms. The number of aromatic nitrogens is 1. The average molecular weight is 291 g/mol. The van der Waals surface area contributed by atoms with E-state index in [0.717, 1.165) is 23.4 Å². The zero-order valence-electron chi connectivity index (χ0n) is 11.4.